The molecule has 0 bridgehead atoms. The summed E-state index contributed by atoms with van der Waals surface area (Å²) in [7, 11) is -0.830. The van der Waals surface area contributed by atoms with E-state index in [2.05, 4.69) is 5.32 Å². The van der Waals surface area contributed by atoms with Gasteiger partial charge in [-0.05, 0) is 66.7 Å². The van der Waals surface area contributed by atoms with Gasteiger partial charge >= 0.3 is 0 Å². The minimum absolute atomic E-state index is 0.115. The van der Waals surface area contributed by atoms with Gasteiger partial charge < -0.3 is 10.1 Å². The number of hydrogen-bond acceptors (Lipinski definition) is 4. The number of rotatable bonds is 6. The maximum absolute atomic E-state index is 12.8. The van der Waals surface area contributed by atoms with E-state index in [9.17, 15) is 13.2 Å². The average molecular weight is 465 g/mol. The monoisotopic (exact) mass is 464 g/mol. The maximum atomic E-state index is 12.8. The first-order chi connectivity index (χ1) is 14.2. The molecule has 0 aliphatic rings. The van der Waals surface area contributed by atoms with Crippen molar-refractivity contribution in [3.8, 4) is 5.75 Å². The summed E-state index contributed by atoms with van der Waals surface area (Å²) in [6.45, 7) is 0. The fraction of sp³-hybridized carbons (Fsp3) is 0.0952. The smallest absolute Gasteiger partial charge is 0.264 e. The molecule has 156 valence electrons. The van der Waals surface area contributed by atoms with E-state index >= 15 is 0 Å². The molecule has 0 spiro atoms. The summed E-state index contributed by atoms with van der Waals surface area (Å²) in [4.78, 5) is 12.7. The van der Waals surface area contributed by atoms with Crippen LogP contribution in [0.2, 0.25) is 10.0 Å². The van der Waals surface area contributed by atoms with Gasteiger partial charge in [-0.2, -0.15) is 0 Å². The van der Waals surface area contributed by atoms with E-state index in [1.165, 1.54) is 50.6 Å². The molecule has 3 aromatic rings. The number of methoxy groups -OCH3 is 1. The van der Waals surface area contributed by atoms with Crippen LogP contribution in [0.25, 0.3) is 0 Å². The zero-order valence-electron chi connectivity index (χ0n) is 16.1. The molecule has 0 heterocycles. The first-order valence-electron chi connectivity index (χ1n) is 8.72. The van der Waals surface area contributed by atoms with Crippen molar-refractivity contribution in [1.29, 1.82) is 0 Å². The zero-order valence-corrected chi connectivity index (χ0v) is 18.4. The van der Waals surface area contributed by atoms with Gasteiger partial charge in [0.05, 0.1) is 23.4 Å². The molecular weight excluding hydrogens is 447 g/mol. The number of carbonyl (C=O) groups is 1. The standard InChI is InChI=1S/C21H18Cl2N2O4S/c1-25(30(27,28)18-10-5-15(22)6-11-18)17-8-3-14(4-9-17)21(26)24-19-13-16(23)7-12-20(19)29-2/h3-13H,1-2H3,(H,24,26). The number of nitrogens with one attached hydrogen (secondary N) is 1. The Morgan fingerprint density at radius 2 is 1.53 bits per heavy atom. The van der Waals surface area contributed by atoms with E-state index in [0.717, 1.165) is 4.31 Å². The van der Waals surface area contributed by atoms with Crippen LogP contribution in [0.15, 0.2) is 71.6 Å². The molecule has 0 aromatic heterocycles. The highest BCUT2D eigenvalue weighted by Gasteiger charge is 2.21. The van der Waals surface area contributed by atoms with Crippen LogP contribution in [0.3, 0.4) is 0 Å². The normalized spacial score (nSPS) is 11.1. The van der Waals surface area contributed by atoms with Gasteiger partial charge in [0.2, 0.25) is 0 Å². The molecule has 9 heteroatoms. The summed E-state index contributed by atoms with van der Waals surface area (Å²) in [5, 5.41) is 3.64. The molecule has 1 amide bonds. The molecule has 0 aliphatic heterocycles. The van der Waals surface area contributed by atoms with Crippen molar-refractivity contribution >= 4 is 50.5 Å². The van der Waals surface area contributed by atoms with E-state index in [1.807, 2.05) is 0 Å². The fourth-order valence-electron chi connectivity index (χ4n) is 2.70. The Bertz CT molecular complexity index is 1160. The van der Waals surface area contributed by atoms with Gasteiger partial charge in [-0.1, -0.05) is 23.2 Å². The van der Waals surface area contributed by atoms with Gasteiger partial charge in [0, 0.05) is 22.7 Å². The Kier molecular flexibility index (Phi) is 6.55. The number of nitrogens with zero attached hydrogens (tertiary/aromatic N) is 1. The molecule has 0 aliphatic carbocycles. The van der Waals surface area contributed by atoms with Gasteiger partial charge in [0.1, 0.15) is 5.75 Å². The van der Waals surface area contributed by atoms with Crippen molar-refractivity contribution in [3.05, 3.63) is 82.3 Å². The van der Waals surface area contributed by atoms with Crippen LogP contribution in [0, 0.1) is 0 Å². The number of benzene rings is 3. The van der Waals surface area contributed by atoms with Gasteiger partial charge in [-0.15, -0.1) is 0 Å². The van der Waals surface area contributed by atoms with Crippen LogP contribution in [-0.4, -0.2) is 28.5 Å². The molecule has 0 atom stereocenters. The lowest BCUT2D eigenvalue weighted by molar-refractivity contribution is 0.102. The van der Waals surface area contributed by atoms with Gasteiger partial charge in [-0.3, -0.25) is 9.10 Å². The quantitative estimate of drug-likeness (QED) is 0.551. The van der Waals surface area contributed by atoms with Gasteiger partial charge in [0.15, 0.2) is 0 Å². The van der Waals surface area contributed by atoms with Crippen molar-refractivity contribution in [2.45, 2.75) is 4.90 Å². The Labute approximate surface area is 185 Å². The third kappa shape index (κ3) is 4.70. The molecule has 0 unspecified atom stereocenters. The summed E-state index contributed by atoms with van der Waals surface area (Å²) in [6.07, 6.45) is 0. The Hall–Kier alpha value is -2.74. The van der Waals surface area contributed by atoms with Crippen molar-refractivity contribution in [3.63, 3.8) is 0 Å². The molecule has 30 heavy (non-hydrogen) atoms. The summed E-state index contributed by atoms with van der Waals surface area (Å²) >= 11 is 11.8. The van der Waals surface area contributed by atoms with E-state index in [0.29, 0.717) is 32.7 Å². The number of halogens is 2. The topological polar surface area (TPSA) is 75.7 Å². The predicted molar refractivity (Wildman–Crippen MR) is 119 cm³/mol. The van der Waals surface area contributed by atoms with E-state index in [4.69, 9.17) is 27.9 Å². The number of anilines is 2. The predicted octanol–water partition coefficient (Wildman–Crippen LogP) is 5.08. The van der Waals surface area contributed by atoms with Crippen LogP contribution in [0.1, 0.15) is 10.4 Å². The second-order valence-electron chi connectivity index (χ2n) is 6.27. The molecule has 0 saturated carbocycles. The van der Waals surface area contributed by atoms with Crippen LogP contribution >= 0.6 is 23.2 Å². The molecule has 1 N–H and O–H groups in total. The van der Waals surface area contributed by atoms with Crippen molar-refractivity contribution < 1.29 is 17.9 Å². The van der Waals surface area contributed by atoms with Gasteiger partial charge in [0.25, 0.3) is 15.9 Å². The zero-order chi connectivity index (χ0) is 21.9. The van der Waals surface area contributed by atoms with Crippen LogP contribution in [0.4, 0.5) is 11.4 Å². The molecule has 0 radical (unpaired) electrons. The summed E-state index contributed by atoms with van der Waals surface area (Å²) in [5.74, 6) is 0.0866. The van der Waals surface area contributed by atoms with Crippen molar-refractivity contribution in [2.24, 2.45) is 0 Å². The lowest BCUT2D eigenvalue weighted by Crippen LogP contribution is -2.26. The van der Waals surface area contributed by atoms with Crippen LogP contribution in [0.5, 0.6) is 5.75 Å². The lowest BCUT2D eigenvalue weighted by Gasteiger charge is -2.20. The lowest BCUT2D eigenvalue weighted by atomic mass is 10.2. The molecule has 6 nitrogen and oxygen atoms in total. The Morgan fingerprint density at radius 1 is 0.933 bits per heavy atom. The Balaban J connectivity index is 1.80. The number of sulfonamides is 1. The minimum atomic E-state index is -3.76. The molecule has 0 saturated heterocycles. The van der Waals surface area contributed by atoms with Crippen LogP contribution in [-0.2, 0) is 10.0 Å². The van der Waals surface area contributed by atoms with E-state index in [-0.39, 0.29) is 10.8 Å². The Morgan fingerprint density at radius 3 is 2.13 bits per heavy atom. The first-order valence-corrected chi connectivity index (χ1v) is 10.9. The molecule has 3 aromatic carbocycles. The molecular formula is C21H18Cl2N2O4S. The fourth-order valence-corrected chi connectivity index (χ4v) is 4.19. The number of carbonyl (C=O) groups excluding carboxylic acids is 1. The largest absolute Gasteiger partial charge is 0.495 e. The van der Waals surface area contributed by atoms with E-state index < -0.39 is 10.0 Å². The van der Waals surface area contributed by atoms with Crippen molar-refractivity contribution in [1.82, 2.24) is 0 Å². The van der Waals surface area contributed by atoms with E-state index in [1.54, 1.807) is 30.3 Å². The summed E-state index contributed by atoms with van der Waals surface area (Å²) in [5.41, 5.74) is 1.18. The second-order valence-corrected chi connectivity index (χ2v) is 9.11. The SMILES string of the molecule is COc1ccc(Cl)cc1NC(=O)c1ccc(N(C)S(=O)(=O)c2ccc(Cl)cc2)cc1. The highest BCUT2D eigenvalue weighted by molar-refractivity contribution is 7.92. The first kappa shape index (κ1) is 22.0. The van der Waals surface area contributed by atoms with Crippen LogP contribution < -0.4 is 14.4 Å². The van der Waals surface area contributed by atoms with Crippen molar-refractivity contribution in [2.75, 3.05) is 23.8 Å². The van der Waals surface area contributed by atoms with Gasteiger partial charge in [-0.25, -0.2) is 8.42 Å². The molecule has 0 fully saturated rings. The average Bonchev–Trinajstić information content (AvgIpc) is 2.74. The highest BCUT2D eigenvalue weighted by Crippen LogP contribution is 2.28. The third-order valence-corrected chi connectivity index (χ3v) is 6.66. The highest BCUT2D eigenvalue weighted by atomic mass is 35.5. The minimum Gasteiger partial charge on any atom is -0.495 e. The number of amides is 1. The summed E-state index contributed by atoms with van der Waals surface area (Å²) in [6, 6.07) is 17.0. The maximum Gasteiger partial charge on any atom is 0.264 e. The number of ether oxygens (including phenoxy) is 1. The third-order valence-electron chi connectivity index (χ3n) is 4.37. The summed E-state index contributed by atoms with van der Waals surface area (Å²) < 4.78 is 31.9. The second kappa shape index (κ2) is 8.95. The number of hydrogen-bond donors (Lipinski definition) is 1. The molecule has 3 rings (SSSR count).